The molecule has 8 heteroatoms. The Bertz CT molecular complexity index is 1250. The smallest absolute Gasteiger partial charge is 0.224 e. The van der Waals surface area contributed by atoms with Crippen LogP contribution in [0, 0.1) is 13.8 Å². The number of hydrogen-bond acceptors (Lipinski definition) is 6. The van der Waals surface area contributed by atoms with Crippen molar-refractivity contribution in [2.24, 2.45) is 0 Å². The van der Waals surface area contributed by atoms with Gasteiger partial charge in [0, 0.05) is 46.5 Å². The maximum absolute atomic E-state index is 12.4. The van der Waals surface area contributed by atoms with E-state index < -0.39 is 0 Å². The van der Waals surface area contributed by atoms with Crippen molar-refractivity contribution in [2.45, 2.75) is 26.7 Å². The number of benzene rings is 2. The number of aryl methyl sites for hydroxylation is 2. The van der Waals surface area contributed by atoms with Crippen molar-refractivity contribution in [1.29, 1.82) is 0 Å². The minimum absolute atomic E-state index is 0.0367. The predicted molar refractivity (Wildman–Crippen MR) is 136 cm³/mol. The van der Waals surface area contributed by atoms with Crippen molar-refractivity contribution in [3.8, 4) is 21.8 Å². The number of hydrogen-bond donors (Lipinski definition) is 2. The van der Waals surface area contributed by atoms with Crippen molar-refractivity contribution in [3.05, 3.63) is 76.4 Å². The van der Waals surface area contributed by atoms with Crippen LogP contribution >= 0.6 is 22.9 Å². The van der Waals surface area contributed by atoms with E-state index in [9.17, 15) is 4.79 Å². The lowest BCUT2D eigenvalue weighted by atomic mass is 10.1. The third kappa shape index (κ3) is 6.15. The van der Waals surface area contributed by atoms with E-state index in [1.807, 2.05) is 73.8 Å². The van der Waals surface area contributed by atoms with E-state index in [2.05, 4.69) is 20.6 Å². The van der Waals surface area contributed by atoms with Crippen LogP contribution in [-0.2, 0) is 4.79 Å². The monoisotopic (exact) mass is 477 g/mol. The fraction of sp³-hybridized carbons (Fsp3) is 0.200. The Labute approximate surface area is 202 Å². The van der Waals surface area contributed by atoms with E-state index in [0.29, 0.717) is 30.4 Å². The maximum atomic E-state index is 12.4. The highest BCUT2D eigenvalue weighted by molar-refractivity contribution is 7.13. The summed E-state index contributed by atoms with van der Waals surface area (Å²) in [5, 5.41) is 9.70. The van der Waals surface area contributed by atoms with Gasteiger partial charge in [-0.15, -0.1) is 11.3 Å². The van der Waals surface area contributed by atoms with Gasteiger partial charge in [0.15, 0.2) is 0 Å². The first-order valence-electron chi connectivity index (χ1n) is 10.6. The molecule has 2 aromatic heterocycles. The molecule has 6 nitrogen and oxygen atoms in total. The van der Waals surface area contributed by atoms with Gasteiger partial charge < -0.3 is 10.6 Å². The molecule has 4 rings (SSSR count). The molecule has 0 aliphatic heterocycles. The van der Waals surface area contributed by atoms with Crippen molar-refractivity contribution in [3.63, 3.8) is 0 Å². The molecule has 0 saturated carbocycles. The molecule has 0 atom stereocenters. The number of rotatable bonds is 8. The number of halogens is 1. The molecule has 0 aliphatic rings. The van der Waals surface area contributed by atoms with Crippen LogP contribution in [0.2, 0.25) is 5.02 Å². The van der Waals surface area contributed by atoms with Crippen LogP contribution in [-0.4, -0.2) is 27.4 Å². The fourth-order valence-corrected chi connectivity index (χ4v) is 4.55. The average Bonchev–Trinajstić information content (AvgIpc) is 3.27. The Kier molecular flexibility index (Phi) is 7.32. The summed E-state index contributed by atoms with van der Waals surface area (Å²) in [7, 11) is 0. The number of amides is 1. The fourth-order valence-electron chi connectivity index (χ4n) is 3.40. The molecule has 4 aromatic rings. The summed E-state index contributed by atoms with van der Waals surface area (Å²) >= 11 is 7.85. The van der Waals surface area contributed by atoms with E-state index in [1.165, 1.54) is 0 Å². The lowest BCUT2D eigenvalue weighted by Crippen LogP contribution is -2.14. The summed E-state index contributed by atoms with van der Waals surface area (Å²) < 4.78 is 0. The standard InChI is InChI=1S/C25H24ClN5OS/c1-16-13-17(2)29-25(28-16)27-12-6-11-23(32)30-19-8-5-7-18(14-19)22-15-33-24(31-22)20-9-3-4-10-21(20)26/h3-5,7-10,13-15H,6,11-12H2,1-2H3,(H,30,32)(H,27,28,29). The number of aromatic nitrogens is 3. The van der Waals surface area contributed by atoms with Gasteiger partial charge in [-0.2, -0.15) is 0 Å². The third-order valence-electron chi connectivity index (χ3n) is 4.90. The molecule has 0 radical (unpaired) electrons. The topological polar surface area (TPSA) is 79.8 Å². The summed E-state index contributed by atoms with van der Waals surface area (Å²) in [5.41, 5.74) is 5.29. The predicted octanol–water partition coefficient (Wildman–Crippen LogP) is 6.37. The van der Waals surface area contributed by atoms with Crippen LogP contribution in [0.1, 0.15) is 24.2 Å². The van der Waals surface area contributed by atoms with Crippen molar-refractivity contribution >= 4 is 40.5 Å². The van der Waals surface area contributed by atoms with E-state index in [0.717, 1.165) is 38.9 Å². The number of anilines is 2. The van der Waals surface area contributed by atoms with Gasteiger partial charge in [0.05, 0.1) is 10.7 Å². The van der Waals surface area contributed by atoms with Gasteiger partial charge in [0.1, 0.15) is 5.01 Å². The molecular weight excluding hydrogens is 454 g/mol. The number of nitrogens with one attached hydrogen (secondary N) is 2. The van der Waals surface area contributed by atoms with Gasteiger partial charge in [-0.1, -0.05) is 41.9 Å². The van der Waals surface area contributed by atoms with Gasteiger partial charge in [-0.3, -0.25) is 4.79 Å². The van der Waals surface area contributed by atoms with E-state index in [1.54, 1.807) is 11.3 Å². The molecule has 0 fully saturated rings. The minimum Gasteiger partial charge on any atom is -0.354 e. The Morgan fingerprint density at radius 3 is 2.58 bits per heavy atom. The van der Waals surface area contributed by atoms with Crippen LogP contribution in [0.25, 0.3) is 21.8 Å². The molecule has 0 aliphatic carbocycles. The van der Waals surface area contributed by atoms with Gasteiger partial charge in [0.25, 0.3) is 0 Å². The molecule has 168 valence electrons. The number of nitrogens with zero attached hydrogens (tertiary/aromatic N) is 3. The van der Waals surface area contributed by atoms with E-state index >= 15 is 0 Å². The van der Waals surface area contributed by atoms with Crippen molar-refractivity contribution in [2.75, 3.05) is 17.2 Å². The van der Waals surface area contributed by atoms with Gasteiger partial charge in [-0.05, 0) is 44.5 Å². The maximum Gasteiger partial charge on any atom is 0.224 e. The first kappa shape index (κ1) is 22.9. The van der Waals surface area contributed by atoms with Gasteiger partial charge in [0.2, 0.25) is 11.9 Å². The Hall–Kier alpha value is -3.29. The quantitative estimate of drug-likeness (QED) is 0.288. The van der Waals surface area contributed by atoms with Crippen LogP contribution in [0.5, 0.6) is 0 Å². The molecule has 1 amide bonds. The van der Waals surface area contributed by atoms with Gasteiger partial charge in [-0.25, -0.2) is 15.0 Å². The van der Waals surface area contributed by atoms with Crippen LogP contribution in [0.15, 0.2) is 60.0 Å². The van der Waals surface area contributed by atoms with Crippen molar-refractivity contribution in [1.82, 2.24) is 15.0 Å². The van der Waals surface area contributed by atoms with Crippen LogP contribution in [0.4, 0.5) is 11.6 Å². The lowest BCUT2D eigenvalue weighted by Gasteiger charge is -2.08. The Balaban J connectivity index is 1.32. The minimum atomic E-state index is -0.0367. The highest BCUT2D eigenvalue weighted by Crippen LogP contribution is 2.33. The average molecular weight is 478 g/mol. The molecule has 2 heterocycles. The molecular formula is C25H24ClN5OS. The molecule has 0 saturated heterocycles. The highest BCUT2D eigenvalue weighted by Gasteiger charge is 2.10. The Morgan fingerprint density at radius 1 is 1.00 bits per heavy atom. The van der Waals surface area contributed by atoms with Gasteiger partial charge >= 0.3 is 0 Å². The number of carbonyl (C=O) groups is 1. The number of carbonyl (C=O) groups excluding carboxylic acids is 1. The summed E-state index contributed by atoms with van der Waals surface area (Å²) in [6.07, 6.45) is 1.07. The van der Waals surface area contributed by atoms with Crippen LogP contribution in [0.3, 0.4) is 0 Å². The molecule has 2 aromatic carbocycles. The summed E-state index contributed by atoms with van der Waals surface area (Å²) in [5.74, 6) is 0.561. The molecule has 0 spiro atoms. The highest BCUT2D eigenvalue weighted by atomic mass is 35.5. The van der Waals surface area contributed by atoms with Crippen LogP contribution < -0.4 is 10.6 Å². The van der Waals surface area contributed by atoms with E-state index in [-0.39, 0.29) is 5.91 Å². The van der Waals surface area contributed by atoms with E-state index in [4.69, 9.17) is 16.6 Å². The molecule has 2 N–H and O–H groups in total. The lowest BCUT2D eigenvalue weighted by molar-refractivity contribution is -0.116. The summed E-state index contributed by atoms with van der Waals surface area (Å²) in [6.45, 7) is 4.50. The second-order valence-corrected chi connectivity index (χ2v) is 8.92. The van der Waals surface area contributed by atoms with Crippen molar-refractivity contribution < 1.29 is 4.79 Å². The first-order chi connectivity index (χ1) is 16.0. The number of thiazole rings is 1. The second kappa shape index (κ2) is 10.6. The third-order valence-corrected chi connectivity index (χ3v) is 6.10. The Morgan fingerprint density at radius 2 is 1.79 bits per heavy atom. The zero-order chi connectivity index (χ0) is 23.2. The largest absolute Gasteiger partial charge is 0.354 e. The second-order valence-electron chi connectivity index (χ2n) is 7.65. The zero-order valence-electron chi connectivity index (χ0n) is 18.4. The molecule has 0 bridgehead atoms. The SMILES string of the molecule is Cc1cc(C)nc(NCCCC(=O)Nc2cccc(-c3csc(-c4ccccc4Cl)n3)c2)n1. The molecule has 0 unspecified atom stereocenters. The zero-order valence-corrected chi connectivity index (χ0v) is 20.0. The normalized spacial score (nSPS) is 10.8. The summed E-state index contributed by atoms with van der Waals surface area (Å²) in [6, 6.07) is 17.3. The summed E-state index contributed by atoms with van der Waals surface area (Å²) in [4.78, 5) is 25.8. The molecule has 33 heavy (non-hydrogen) atoms. The first-order valence-corrected chi connectivity index (χ1v) is 11.9.